The van der Waals surface area contributed by atoms with Gasteiger partial charge in [0, 0.05) is 6.54 Å². The Labute approximate surface area is 149 Å². The number of rotatable bonds is 5. The number of methoxy groups -OCH3 is 2. The lowest BCUT2D eigenvalue weighted by atomic mass is 9.90. The number of carbonyl (C=O) groups is 2. The van der Waals surface area contributed by atoms with Crippen LogP contribution in [0.4, 0.5) is 0 Å². The van der Waals surface area contributed by atoms with Crippen LogP contribution in [0.5, 0.6) is 11.5 Å². The number of aliphatic carboxylic acids is 1. The molecule has 2 aromatic rings. The summed E-state index contributed by atoms with van der Waals surface area (Å²) >= 11 is 1.36. The molecule has 3 rings (SSSR count). The molecule has 6 nitrogen and oxygen atoms in total. The lowest BCUT2D eigenvalue weighted by molar-refractivity contribution is -0.138. The Hall–Kier alpha value is -2.54. The van der Waals surface area contributed by atoms with Crippen LogP contribution in [0.2, 0.25) is 0 Å². The largest absolute Gasteiger partial charge is 0.493 e. The van der Waals surface area contributed by atoms with Gasteiger partial charge in [0.2, 0.25) is 0 Å². The van der Waals surface area contributed by atoms with Gasteiger partial charge in [-0.25, -0.2) is 0 Å². The summed E-state index contributed by atoms with van der Waals surface area (Å²) in [6.45, 7) is 0.469. The number of ether oxygens (including phenoxy) is 2. The van der Waals surface area contributed by atoms with Gasteiger partial charge < -0.3 is 19.5 Å². The Morgan fingerprint density at radius 1 is 1.28 bits per heavy atom. The highest BCUT2D eigenvalue weighted by Crippen LogP contribution is 2.40. The number of benzene rings is 1. The molecular weight excluding hydrogens is 342 g/mol. The van der Waals surface area contributed by atoms with Gasteiger partial charge in [0.15, 0.2) is 11.5 Å². The average molecular weight is 361 g/mol. The molecule has 0 aliphatic carbocycles. The molecule has 7 heteroatoms. The van der Waals surface area contributed by atoms with Crippen LogP contribution in [0.1, 0.15) is 33.3 Å². The number of hydrogen-bond acceptors (Lipinski definition) is 5. The predicted octanol–water partition coefficient (Wildman–Crippen LogP) is 2.98. The van der Waals surface area contributed by atoms with Crippen molar-refractivity contribution in [2.45, 2.75) is 18.9 Å². The predicted molar refractivity (Wildman–Crippen MR) is 93.6 cm³/mol. The molecule has 1 aromatic heterocycles. The minimum absolute atomic E-state index is 0.137. The molecule has 1 aliphatic rings. The van der Waals surface area contributed by atoms with E-state index >= 15 is 0 Å². The van der Waals surface area contributed by atoms with E-state index in [0.717, 1.165) is 11.1 Å². The first-order valence-corrected chi connectivity index (χ1v) is 8.74. The van der Waals surface area contributed by atoms with Gasteiger partial charge >= 0.3 is 5.97 Å². The third-order valence-corrected chi connectivity index (χ3v) is 5.22. The molecule has 0 unspecified atom stereocenters. The maximum Gasteiger partial charge on any atom is 0.305 e. The summed E-state index contributed by atoms with van der Waals surface area (Å²) in [5.41, 5.74) is 1.79. The third-order valence-electron chi connectivity index (χ3n) is 4.36. The highest BCUT2D eigenvalue weighted by molar-refractivity contribution is 7.12. The second kappa shape index (κ2) is 7.14. The molecule has 0 bridgehead atoms. The number of carboxylic acid groups (broad SMARTS) is 1. The topological polar surface area (TPSA) is 76.1 Å². The van der Waals surface area contributed by atoms with Gasteiger partial charge in [-0.15, -0.1) is 11.3 Å². The Kier molecular flexibility index (Phi) is 4.94. The number of carboxylic acids is 1. The summed E-state index contributed by atoms with van der Waals surface area (Å²) < 4.78 is 10.7. The van der Waals surface area contributed by atoms with Crippen LogP contribution < -0.4 is 9.47 Å². The fraction of sp³-hybridized carbons (Fsp3) is 0.333. The normalized spacial score (nSPS) is 16.2. The molecule has 1 aliphatic heterocycles. The van der Waals surface area contributed by atoms with Crippen LogP contribution >= 0.6 is 11.3 Å². The molecule has 0 spiro atoms. The van der Waals surface area contributed by atoms with Gasteiger partial charge in [-0.2, -0.15) is 0 Å². The smallest absolute Gasteiger partial charge is 0.305 e. The second-order valence-corrected chi connectivity index (χ2v) is 6.69. The van der Waals surface area contributed by atoms with Crippen molar-refractivity contribution in [2.24, 2.45) is 0 Å². The molecular formula is C18H19NO5S. The number of fused-ring (bicyclic) bond motifs is 1. The van der Waals surface area contributed by atoms with E-state index in [2.05, 4.69) is 0 Å². The number of nitrogens with zero attached hydrogens (tertiary/aromatic N) is 1. The minimum Gasteiger partial charge on any atom is -0.493 e. The molecule has 1 N–H and O–H groups in total. The molecule has 25 heavy (non-hydrogen) atoms. The zero-order valence-electron chi connectivity index (χ0n) is 14.0. The molecule has 0 saturated heterocycles. The van der Waals surface area contributed by atoms with Gasteiger partial charge in [-0.3, -0.25) is 9.59 Å². The highest BCUT2D eigenvalue weighted by Gasteiger charge is 2.34. The van der Waals surface area contributed by atoms with Gasteiger partial charge in [0.1, 0.15) is 0 Å². The first kappa shape index (κ1) is 17.3. The molecule has 132 valence electrons. The average Bonchev–Trinajstić information content (AvgIpc) is 3.14. The summed E-state index contributed by atoms with van der Waals surface area (Å²) in [4.78, 5) is 26.5. The van der Waals surface area contributed by atoms with Crippen molar-refractivity contribution in [2.75, 3.05) is 20.8 Å². The Morgan fingerprint density at radius 3 is 2.60 bits per heavy atom. The number of carbonyl (C=O) groups excluding carboxylic acids is 1. The summed E-state index contributed by atoms with van der Waals surface area (Å²) in [7, 11) is 3.10. The van der Waals surface area contributed by atoms with Crippen molar-refractivity contribution in [3.63, 3.8) is 0 Å². The van der Waals surface area contributed by atoms with E-state index in [1.165, 1.54) is 18.4 Å². The molecule has 1 amide bonds. The molecule has 0 radical (unpaired) electrons. The quantitative estimate of drug-likeness (QED) is 0.886. The van der Waals surface area contributed by atoms with E-state index in [0.29, 0.717) is 29.3 Å². The monoisotopic (exact) mass is 361 g/mol. The maximum absolute atomic E-state index is 12.8. The van der Waals surface area contributed by atoms with Gasteiger partial charge in [-0.1, -0.05) is 6.07 Å². The fourth-order valence-corrected chi connectivity index (χ4v) is 3.88. The first-order valence-electron chi connectivity index (χ1n) is 7.86. The lowest BCUT2D eigenvalue weighted by Crippen LogP contribution is -2.40. The molecule has 1 aromatic carbocycles. The van der Waals surface area contributed by atoms with E-state index in [1.54, 1.807) is 24.1 Å². The third kappa shape index (κ3) is 3.32. The Morgan fingerprint density at radius 2 is 2.00 bits per heavy atom. The zero-order chi connectivity index (χ0) is 18.0. The molecule has 1 atom stereocenters. The SMILES string of the molecule is COc1cc2c(cc1OC)[C@H](CC(=O)O)N(C(=O)c1cccs1)CC2. The Bertz CT molecular complexity index is 787. The molecule has 0 fully saturated rings. The van der Waals surface area contributed by atoms with E-state index < -0.39 is 12.0 Å². The highest BCUT2D eigenvalue weighted by atomic mass is 32.1. The van der Waals surface area contributed by atoms with Crippen molar-refractivity contribution in [1.29, 1.82) is 0 Å². The lowest BCUT2D eigenvalue weighted by Gasteiger charge is -2.37. The molecule has 2 heterocycles. The summed E-state index contributed by atoms with van der Waals surface area (Å²) in [6.07, 6.45) is 0.489. The van der Waals surface area contributed by atoms with Crippen LogP contribution in [0.25, 0.3) is 0 Å². The van der Waals surface area contributed by atoms with E-state index in [9.17, 15) is 14.7 Å². The van der Waals surface area contributed by atoms with Gasteiger partial charge in [0.25, 0.3) is 5.91 Å². The first-order chi connectivity index (χ1) is 12.0. The van der Waals surface area contributed by atoms with Crippen LogP contribution in [0.15, 0.2) is 29.6 Å². The van der Waals surface area contributed by atoms with Crippen molar-refractivity contribution >= 4 is 23.2 Å². The summed E-state index contributed by atoms with van der Waals surface area (Å²) in [6, 6.07) is 6.70. The summed E-state index contributed by atoms with van der Waals surface area (Å²) in [5, 5.41) is 11.2. The molecule has 0 saturated carbocycles. The van der Waals surface area contributed by atoms with Crippen molar-refractivity contribution in [3.8, 4) is 11.5 Å². The number of amides is 1. The van der Waals surface area contributed by atoms with Crippen LogP contribution in [0.3, 0.4) is 0 Å². The van der Waals surface area contributed by atoms with Crippen molar-refractivity contribution in [1.82, 2.24) is 4.90 Å². The fourth-order valence-electron chi connectivity index (χ4n) is 3.20. The van der Waals surface area contributed by atoms with Crippen molar-refractivity contribution in [3.05, 3.63) is 45.6 Å². The summed E-state index contributed by atoms with van der Waals surface area (Å²) in [5.74, 6) is 0.0497. The van der Waals surface area contributed by atoms with Crippen LogP contribution in [-0.4, -0.2) is 42.6 Å². The Balaban J connectivity index is 2.04. The van der Waals surface area contributed by atoms with Crippen LogP contribution in [0, 0.1) is 0 Å². The van der Waals surface area contributed by atoms with Gasteiger partial charge in [-0.05, 0) is 41.1 Å². The second-order valence-electron chi connectivity index (χ2n) is 5.75. The standard InChI is InChI=1S/C18H19NO5S/c1-23-14-8-11-5-6-19(18(22)16-4-3-7-25-16)13(10-17(20)21)12(11)9-15(14)24-2/h3-4,7-9,13H,5-6,10H2,1-2H3,(H,20,21)/t13-/m0/s1. The van der Waals surface area contributed by atoms with Gasteiger partial charge in [0.05, 0.1) is 31.6 Å². The van der Waals surface area contributed by atoms with E-state index in [4.69, 9.17) is 9.47 Å². The van der Waals surface area contributed by atoms with Crippen molar-refractivity contribution < 1.29 is 24.2 Å². The number of thiophene rings is 1. The van der Waals surface area contributed by atoms with Crippen LogP contribution in [-0.2, 0) is 11.2 Å². The van der Waals surface area contributed by atoms with E-state index in [1.807, 2.05) is 17.5 Å². The zero-order valence-corrected chi connectivity index (χ0v) is 14.8. The number of hydrogen-bond donors (Lipinski definition) is 1. The maximum atomic E-state index is 12.8. The minimum atomic E-state index is -0.948. The van der Waals surface area contributed by atoms with E-state index in [-0.39, 0.29) is 12.3 Å².